The summed E-state index contributed by atoms with van der Waals surface area (Å²) in [5.41, 5.74) is 8.54. The Balaban J connectivity index is 1.11. The third-order valence-electron chi connectivity index (χ3n) is 7.03. The number of halogens is 3. The first-order valence-corrected chi connectivity index (χ1v) is 12.9. The molecule has 4 nitrogen and oxygen atoms in total. The molecular weight excluding hydrogens is 523 g/mol. The van der Waals surface area contributed by atoms with Crippen LogP contribution in [0.2, 0.25) is 0 Å². The van der Waals surface area contributed by atoms with Crippen molar-refractivity contribution >= 4 is 22.1 Å². The molecule has 0 amide bonds. The van der Waals surface area contributed by atoms with Gasteiger partial charge in [0.05, 0.1) is 28.5 Å². The third kappa shape index (κ3) is 4.82. The summed E-state index contributed by atoms with van der Waals surface area (Å²) in [6.07, 6.45) is -2.59. The van der Waals surface area contributed by atoms with Gasteiger partial charge in [0.1, 0.15) is 5.52 Å². The highest BCUT2D eigenvalue weighted by Gasteiger charge is 2.29. The van der Waals surface area contributed by atoms with Crippen LogP contribution in [0.15, 0.2) is 126 Å². The molecule has 0 aliphatic heterocycles. The molecule has 7 heteroatoms. The largest absolute Gasteiger partial charge is 0.436 e. The zero-order valence-electron chi connectivity index (χ0n) is 21.4. The van der Waals surface area contributed by atoms with Crippen LogP contribution < -0.4 is 0 Å². The zero-order chi connectivity index (χ0) is 28.0. The standard InChI is InChI=1S/C34H20F3N3O/c35-34(36,37)27-16-13-22(14-17-27)21-5-7-23(8-6-21)26-15-18-28-30(19-26)38-20-31(39-28)24-9-11-25(12-10-24)33-40-29-3-1-2-4-32(29)41-33/h1-20H. The van der Waals surface area contributed by atoms with E-state index in [9.17, 15) is 13.2 Å². The van der Waals surface area contributed by atoms with Gasteiger partial charge in [0.2, 0.25) is 5.89 Å². The number of nitrogens with zero attached hydrogens (tertiary/aromatic N) is 3. The van der Waals surface area contributed by atoms with Crippen LogP contribution in [0.3, 0.4) is 0 Å². The van der Waals surface area contributed by atoms with Gasteiger partial charge in [-0.3, -0.25) is 4.98 Å². The molecule has 0 atom stereocenters. The van der Waals surface area contributed by atoms with Crippen molar-refractivity contribution in [3.63, 3.8) is 0 Å². The number of hydrogen-bond acceptors (Lipinski definition) is 4. The molecule has 41 heavy (non-hydrogen) atoms. The molecule has 0 fully saturated rings. The summed E-state index contributed by atoms with van der Waals surface area (Å²) in [5, 5.41) is 0. The summed E-state index contributed by atoms with van der Waals surface area (Å²) in [6, 6.07) is 34.4. The lowest BCUT2D eigenvalue weighted by Crippen LogP contribution is -2.03. The summed E-state index contributed by atoms with van der Waals surface area (Å²) in [4.78, 5) is 14.0. The fourth-order valence-corrected chi connectivity index (χ4v) is 4.82. The first-order chi connectivity index (χ1) is 19.9. The third-order valence-corrected chi connectivity index (χ3v) is 7.03. The second kappa shape index (κ2) is 9.71. The van der Waals surface area contributed by atoms with Crippen molar-refractivity contribution in [1.82, 2.24) is 15.0 Å². The minimum absolute atomic E-state index is 0.572. The molecule has 0 saturated carbocycles. The average Bonchev–Trinajstić information content (AvgIpc) is 3.45. The number of alkyl halides is 3. The number of aromatic nitrogens is 3. The Kier molecular flexibility index (Phi) is 5.86. The highest BCUT2D eigenvalue weighted by molar-refractivity contribution is 5.84. The van der Waals surface area contributed by atoms with Crippen LogP contribution in [0, 0.1) is 0 Å². The number of fused-ring (bicyclic) bond motifs is 2. The molecule has 0 bridgehead atoms. The smallest absolute Gasteiger partial charge is 0.416 e. The molecule has 0 N–H and O–H groups in total. The van der Waals surface area contributed by atoms with Crippen molar-refractivity contribution in [3.8, 4) is 45.0 Å². The first-order valence-electron chi connectivity index (χ1n) is 12.9. The molecule has 2 heterocycles. The lowest BCUT2D eigenvalue weighted by molar-refractivity contribution is -0.137. The Morgan fingerprint density at radius 2 is 1.10 bits per heavy atom. The van der Waals surface area contributed by atoms with E-state index in [2.05, 4.69) is 9.97 Å². The fraction of sp³-hybridized carbons (Fsp3) is 0.0294. The van der Waals surface area contributed by atoms with Gasteiger partial charge in [-0.05, 0) is 70.8 Å². The minimum Gasteiger partial charge on any atom is -0.436 e. The van der Waals surface area contributed by atoms with Gasteiger partial charge in [0.25, 0.3) is 0 Å². The van der Waals surface area contributed by atoms with Crippen LogP contribution in [-0.2, 0) is 6.18 Å². The highest BCUT2D eigenvalue weighted by atomic mass is 19.4. The Bertz CT molecular complexity index is 1980. The zero-order valence-corrected chi connectivity index (χ0v) is 21.4. The van der Waals surface area contributed by atoms with Gasteiger partial charge in [-0.2, -0.15) is 13.2 Å². The van der Waals surface area contributed by atoms with Crippen LogP contribution in [0.25, 0.3) is 67.1 Å². The van der Waals surface area contributed by atoms with Crippen molar-refractivity contribution in [2.45, 2.75) is 6.18 Å². The number of benzene rings is 5. The quantitative estimate of drug-likeness (QED) is 0.222. The predicted molar refractivity (Wildman–Crippen MR) is 154 cm³/mol. The van der Waals surface area contributed by atoms with Gasteiger partial charge in [-0.1, -0.05) is 66.7 Å². The summed E-state index contributed by atoms with van der Waals surface area (Å²) in [5.74, 6) is 0.572. The Morgan fingerprint density at radius 1 is 0.512 bits per heavy atom. The molecule has 7 aromatic rings. The van der Waals surface area contributed by atoms with E-state index in [1.54, 1.807) is 6.20 Å². The monoisotopic (exact) mass is 543 g/mol. The molecule has 7 rings (SSSR count). The molecule has 0 radical (unpaired) electrons. The molecular formula is C34H20F3N3O. The fourth-order valence-electron chi connectivity index (χ4n) is 4.82. The van der Waals surface area contributed by atoms with E-state index in [4.69, 9.17) is 9.40 Å². The Hall–Kier alpha value is -5.30. The van der Waals surface area contributed by atoms with Gasteiger partial charge < -0.3 is 4.42 Å². The second-order valence-electron chi connectivity index (χ2n) is 9.68. The number of hydrogen-bond donors (Lipinski definition) is 0. The van der Waals surface area contributed by atoms with E-state index in [0.29, 0.717) is 5.89 Å². The summed E-state index contributed by atoms with van der Waals surface area (Å²) in [7, 11) is 0. The molecule has 0 unspecified atom stereocenters. The van der Waals surface area contributed by atoms with Crippen molar-refractivity contribution < 1.29 is 17.6 Å². The minimum atomic E-state index is -4.35. The number of para-hydroxylation sites is 2. The van der Waals surface area contributed by atoms with Crippen molar-refractivity contribution in [2.75, 3.05) is 0 Å². The maximum Gasteiger partial charge on any atom is 0.416 e. The Morgan fingerprint density at radius 3 is 1.78 bits per heavy atom. The van der Waals surface area contributed by atoms with Crippen LogP contribution in [0.1, 0.15) is 5.56 Å². The van der Waals surface area contributed by atoms with Gasteiger partial charge in [-0.15, -0.1) is 0 Å². The van der Waals surface area contributed by atoms with Crippen LogP contribution in [0.5, 0.6) is 0 Å². The second-order valence-corrected chi connectivity index (χ2v) is 9.68. The van der Waals surface area contributed by atoms with Crippen molar-refractivity contribution in [1.29, 1.82) is 0 Å². The lowest BCUT2D eigenvalue weighted by atomic mass is 9.99. The van der Waals surface area contributed by atoms with E-state index in [1.807, 2.05) is 91.0 Å². The highest BCUT2D eigenvalue weighted by Crippen LogP contribution is 2.32. The molecule has 198 valence electrons. The molecule has 0 aliphatic rings. The van der Waals surface area contributed by atoms with Gasteiger partial charge >= 0.3 is 6.18 Å². The van der Waals surface area contributed by atoms with Crippen LogP contribution in [-0.4, -0.2) is 15.0 Å². The predicted octanol–water partition coefficient (Wildman–Crippen LogP) is 9.46. The van der Waals surface area contributed by atoms with Gasteiger partial charge in [0.15, 0.2) is 5.58 Å². The maximum atomic E-state index is 12.9. The van der Waals surface area contributed by atoms with E-state index >= 15 is 0 Å². The molecule has 0 spiro atoms. The molecule has 2 aromatic heterocycles. The normalized spacial score (nSPS) is 11.8. The molecule has 0 aliphatic carbocycles. The average molecular weight is 544 g/mol. The van der Waals surface area contributed by atoms with Crippen LogP contribution in [0.4, 0.5) is 13.2 Å². The van der Waals surface area contributed by atoms with Crippen molar-refractivity contribution in [3.05, 3.63) is 127 Å². The topological polar surface area (TPSA) is 51.8 Å². The SMILES string of the molecule is FC(F)(F)c1ccc(-c2ccc(-c3ccc4nc(-c5ccc(-c6nc7ccccc7o6)cc5)cnc4c3)cc2)cc1. The van der Waals surface area contributed by atoms with E-state index in [0.717, 1.165) is 73.3 Å². The lowest BCUT2D eigenvalue weighted by Gasteiger charge is -2.09. The van der Waals surface area contributed by atoms with Crippen molar-refractivity contribution in [2.24, 2.45) is 0 Å². The Labute approximate surface area is 232 Å². The molecule has 0 saturated heterocycles. The first kappa shape index (κ1) is 24.7. The summed E-state index contributed by atoms with van der Waals surface area (Å²) < 4.78 is 44.5. The van der Waals surface area contributed by atoms with E-state index in [1.165, 1.54) is 12.1 Å². The van der Waals surface area contributed by atoms with Gasteiger partial charge in [-0.25, -0.2) is 9.97 Å². The summed E-state index contributed by atoms with van der Waals surface area (Å²) >= 11 is 0. The van der Waals surface area contributed by atoms with Crippen LogP contribution >= 0.6 is 0 Å². The molecule has 5 aromatic carbocycles. The van der Waals surface area contributed by atoms with E-state index < -0.39 is 11.7 Å². The summed E-state index contributed by atoms with van der Waals surface area (Å²) in [6.45, 7) is 0. The maximum absolute atomic E-state index is 12.9. The number of oxazole rings is 1. The number of rotatable bonds is 4. The van der Waals surface area contributed by atoms with Gasteiger partial charge in [0, 0.05) is 11.1 Å². The van der Waals surface area contributed by atoms with E-state index in [-0.39, 0.29) is 0 Å².